The predicted molar refractivity (Wildman–Crippen MR) is 114 cm³/mol. The number of para-hydroxylation sites is 1. The molecular formula is C21H28N5O2S+. The average Bonchev–Trinajstić information content (AvgIpc) is 3.18. The second-order valence-corrected chi connectivity index (χ2v) is 8.06. The second-order valence-electron chi connectivity index (χ2n) is 7.67. The molecule has 0 aliphatic carbocycles. The first-order valence-electron chi connectivity index (χ1n) is 10.2. The fourth-order valence-corrected chi connectivity index (χ4v) is 4.52. The Morgan fingerprint density at radius 1 is 1.24 bits per heavy atom. The minimum absolute atomic E-state index is 0.0192. The van der Waals surface area contributed by atoms with Gasteiger partial charge in [-0.3, -0.25) is 9.69 Å². The highest BCUT2D eigenvalue weighted by Gasteiger charge is 2.39. The Bertz CT molecular complexity index is 892. The zero-order chi connectivity index (χ0) is 20.4. The number of quaternary nitrogens is 1. The molecule has 154 valence electrons. The number of thiocarbonyl (C=S) groups is 1. The number of ether oxygens (including phenoxy) is 1. The van der Waals surface area contributed by atoms with Crippen molar-refractivity contribution in [1.29, 1.82) is 0 Å². The number of amides is 1. The Balaban J connectivity index is 1.46. The highest BCUT2D eigenvalue weighted by atomic mass is 32.1. The number of carbonyl (C=O) groups is 1. The molecule has 0 radical (unpaired) electrons. The van der Waals surface area contributed by atoms with E-state index in [9.17, 15) is 4.79 Å². The Morgan fingerprint density at radius 2 is 1.97 bits per heavy atom. The molecule has 1 amide bonds. The van der Waals surface area contributed by atoms with Crippen molar-refractivity contribution in [2.24, 2.45) is 0 Å². The summed E-state index contributed by atoms with van der Waals surface area (Å²) >= 11 is 5.49. The van der Waals surface area contributed by atoms with E-state index in [1.54, 1.807) is 4.90 Å². The zero-order valence-electron chi connectivity index (χ0n) is 17.0. The van der Waals surface area contributed by atoms with Gasteiger partial charge in [0, 0.05) is 24.2 Å². The molecule has 29 heavy (non-hydrogen) atoms. The van der Waals surface area contributed by atoms with Gasteiger partial charge < -0.3 is 15.0 Å². The minimum Gasteiger partial charge on any atom is -0.370 e. The van der Waals surface area contributed by atoms with E-state index < -0.39 is 6.04 Å². The van der Waals surface area contributed by atoms with Gasteiger partial charge in [0.05, 0.1) is 31.1 Å². The SMILES string of the molecule is Cc1nn(-c2ccccc2)c(C)c1[C@H]1NC(=S)N(CCC[NH+]2CCOCC2)C1=O. The summed E-state index contributed by atoms with van der Waals surface area (Å²) in [6, 6.07) is 9.51. The third kappa shape index (κ3) is 4.05. The van der Waals surface area contributed by atoms with E-state index >= 15 is 0 Å². The van der Waals surface area contributed by atoms with Crippen molar-refractivity contribution in [3.63, 3.8) is 0 Å². The van der Waals surface area contributed by atoms with Crippen molar-refractivity contribution in [2.45, 2.75) is 26.3 Å². The third-order valence-electron chi connectivity index (χ3n) is 5.77. The molecule has 2 saturated heterocycles. The molecule has 1 aromatic heterocycles. The van der Waals surface area contributed by atoms with Crippen LogP contribution in [0.15, 0.2) is 30.3 Å². The van der Waals surface area contributed by atoms with Crippen molar-refractivity contribution in [3.05, 3.63) is 47.3 Å². The van der Waals surface area contributed by atoms with Gasteiger partial charge in [-0.05, 0) is 38.2 Å². The molecule has 1 atom stereocenters. The summed E-state index contributed by atoms with van der Waals surface area (Å²) in [7, 11) is 0. The fourth-order valence-electron chi connectivity index (χ4n) is 4.22. The quantitative estimate of drug-likeness (QED) is 0.676. The Morgan fingerprint density at radius 3 is 2.69 bits per heavy atom. The van der Waals surface area contributed by atoms with Crippen LogP contribution < -0.4 is 10.2 Å². The number of benzene rings is 1. The maximum atomic E-state index is 13.2. The van der Waals surface area contributed by atoms with Crippen LogP contribution in [0.3, 0.4) is 0 Å². The van der Waals surface area contributed by atoms with Crippen LogP contribution in [0.1, 0.15) is 29.4 Å². The molecule has 2 aliphatic rings. The maximum Gasteiger partial charge on any atom is 0.256 e. The molecule has 8 heteroatoms. The fraction of sp³-hybridized carbons (Fsp3) is 0.476. The largest absolute Gasteiger partial charge is 0.370 e. The number of morpholine rings is 1. The minimum atomic E-state index is -0.462. The van der Waals surface area contributed by atoms with Gasteiger partial charge in [0.1, 0.15) is 19.1 Å². The lowest BCUT2D eigenvalue weighted by molar-refractivity contribution is -0.908. The number of aryl methyl sites for hydroxylation is 1. The van der Waals surface area contributed by atoms with Gasteiger partial charge >= 0.3 is 0 Å². The first-order valence-corrected chi connectivity index (χ1v) is 10.6. The van der Waals surface area contributed by atoms with E-state index in [0.717, 1.165) is 61.9 Å². The maximum absolute atomic E-state index is 13.2. The Hall–Kier alpha value is -2.29. The lowest BCUT2D eigenvalue weighted by atomic mass is 10.0. The van der Waals surface area contributed by atoms with Crippen LogP contribution in [0, 0.1) is 13.8 Å². The number of aromatic nitrogens is 2. The number of carbonyl (C=O) groups excluding carboxylic acids is 1. The highest BCUT2D eigenvalue weighted by molar-refractivity contribution is 7.80. The molecule has 0 saturated carbocycles. The van der Waals surface area contributed by atoms with Crippen molar-refractivity contribution in [3.8, 4) is 5.69 Å². The predicted octanol–water partition coefficient (Wildman–Crippen LogP) is 0.552. The summed E-state index contributed by atoms with van der Waals surface area (Å²) in [5.41, 5.74) is 3.71. The van der Waals surface area contributed by atoms with E-state index in [4.69, 9.17) is 17.0 Å². The van der Waals surface area contributed by atoms with Crippen LogP contribution in [0.2, 0.25) is 0 Å². The van der Waals surface area contributed by atoms with E-state index in [-0.39, 0.29) is 5.91 Å². The van der Waals surface area contributed by atoms with Crippen LogP contribution in [-0.4, -0.2) is 65.1 Å². The molecule has 4 rings (SSSR count). The van der Waals surface area contributed by atoms with Crippen LogP contribution in [-0.2, 0) is 9.53 Å². The molecule has 2 N–H and O–H groups in total. The molecule has 3 heterocycles. The van der Waals surface area contributed by atoms with Gasteiger partial charge in [-0.15, -0.1) is 0 Å². The average molecular weight is 415 g/mol. The Kier molecular flexibility index (Phi) is 5.94. The van der Waals surface area contributed by atoms with Crippen molar-refractivity contribution in [2.75, 3.05) is 39.4 Å². The lowest BCUT2D eigenvalue weighted by Crippen LogP contribution is -3.14. The molecule has 7 nitrogen and oxygen atoms in total. The Labute approximate surface area is 176 Å². The summed E-state index contributed by atoms with van der Waals surface area (Å²) in [6.45, 7) is 9.36. The standard InChI is InChI=1S/C21H27N5O2S/c1-15-18(16(2)26(23-15)17-7-4-3-5-8-17)19-20(27)25(21(29)22-19)10-6-9-24-11-13-28-14-12-24/h3-5,7-8,19H,6,9-14H2,1-2H3,(H,22,29)/p+1/t19-/m1/s1. The molecule has 1 aromatic carbocycles. The molecule has 2 fully saturated rings. The highest BCUT2D eigenvalue weighted by Crippen LogP contribution is 2.29. The summed E-state index contributed by atoms with van der Waals surface area (Å²) in [4.78, 5) is 16.4. The molecule has 0 bridgehead atoms. The number of nitrogens with one attached hydrogen (secondary N) is 2. The van der Waals surface area contributed by atoms with Crippen LogP contribution in [0.25, 0.3) is 5.69 Å². The van der Waals surface area contributed by atoms with Crippen molar-refractivity contribution >= 4 is 23.2 Å². The topological polar surface area (TPSA) is 63.8 Å². The normalized spacial score (nSPS) is 20.3. The van der Waals surface area contributed by atoms with Gasteiger partial charge in [0.2, 0.25) is 0 Å². The monoisotopic (exact) mass is 414 g/mol. The number of rotatable bonds is 6. The van der Waals surface area contributed by atoms with Gasteiger partial charge in [0.15, 0.2) is 5.11 Å². The van der Waals surface area contributed by atoms with Crippen molar-refractivity contribution in [1.82, 2.24) is 20.0 Å². The molecular weight excluding hydrogens is 386 g/mol. The molecule has 2 aromatic rings. The van der Waals surface area contributed by atoms with Gasteiger partial charge in [-0.25, -0.2) is 4.68 Å². The van der Waals surface area contributed by atoms with Crippen LogP contribution >= 0.6 is 12.2 Å². The summed E-state index contributed by atoms with van der Waals surface area (Å²) < 4.78 is 7.30. The molecule has 2 aliphatic heterocycles. The summed E-state index contributed by atoms with van der Waals surface area (Å²) in [6.07, 6.45) is 0.927. The number of hydrogen-bond acceptors (Lipinski definition) is 4. The van der Waals surface area contributed by atoms with E-state index in [0.29, 0.717) is 11.7 Å². The summed E-state index contributed by atoms with van der Waals surface area (Å²) in [5.74, 6) is 0.0192. The first kappa shape index (κ1) is 20.0. The van der Waals surface area contributed by atoms with Crippen LogP contribution in [0.4, 0.5) is 0 Å². The first-order chi connectivity index (χ1) is 14.1. The van der Waals surface area contributed by atoms with E-state index in [1.165, 1.54) is 4.90 Å². The van der Waals surface area contributed by atoms with Crippen molar-refractivity contribution < 1.29 is 14.4 Å². The zero-order valence-corrected chi connectivity index (χ0v) is 17.8. The van der Waals surface area contributed by atoms with E-state index in [2.05, 4.69) is 10.4 Å². The smallest absolute Gasteiger partial charge is 0.256 e. The molecule has 0 unspecified atom stereocenters. The lowest BCUT2D eigenvalue weighted by Gasteiger charge is -2.24. The van der Waals surface area contributed by atoms with Gasteiger partial charge in [-0.1, -0.05) is 18.2 Å². The van der Waals surface area contributed by atoms with E-state index in [1.807, 2.05) is 48.9 Å². The second kappa shape index (κ2) is 8.61. The van der Waals surface area contributed by atoms with Gasteiger partial charge in [0.25, 0.3) is 5.91 Å². The van der Waals surface area contributed by atoms with Crippen LogP contribution in [0.5, 0.6) is 0 Å². The third-order valence-corrected chi connectivity index (χ3v) is 6.11. The number of hydrogen-bond donors (Lipinski definition) is 2. The summed E-state index contributed by atoms with van der Waals surface area (Å²) in [5, 5.41) is 8.43. The van der Waals surface area contributed by atoms with Gasteiger partial charge in [-0.2, -0.15) is 5.10 Å². The molecule has 0 spiro atoms. The number of nitrogens with zero attached hydrogens (tertiary/aromatic N) is 3.